The summed E-state index contributed by atoms with van der Waals surface area (Å²) in [5, 5.41) is 9.35. The highest BCUT2D eigenvalue weighted by atomic mass is 19.4. The van der Waals surface area contributed by atoms with Crippen LogP contribution in [0.3, 0.4) is 0 Å². The molecule has 2 aliphatic heterocycles. The molecule has 0 aliphatic carbocycles. The molecular formula is C33H39F5N6O6. The van der Waals surface area contributed by atoms with Gasteiger partial charge in [-0.25, -0.2) is 18.6 Å². The average molecular weight is 711 g/mol. The fraction of sp³-hybridized carbons (Fsp3) is 0.515. The molecule has 0 saturated carbocycles. The number of hydrazone groups is 1. The van der Waals surface area contributed by atoms with E-state index in [-0.39, 0.29) is 30.7 Å². The molecular weight excluding hydrogens is 671 g/mol. The molecule has 272 valence electrons. The molecule has 4 amide bonds. The maximum atomic E-state index is 14.3. The van der Waals surface area contributed by atoms with Crippen molar-refractivity contribution in [2.45, 2.75) is 77.4 Å². The Bertz CT molecular complexity index is 1630. The third kappa shape index (κ3) is 9.52. The summed E-state index contributed by atoms with van der Waals surface area (Å²) in [4.78, 5) is 59.3. The van der Waals surface area contributed by atoms with Crippen LogP contribution in [0.1, 0.15) is 52.3 Å². The lowest BCUT2D eigenvalue weighted by atomic mass is 9.74. The Hall–Kier alpha value is -4.67. The predicted molar refractivity (Wildman–Crippen MR) is 168 cm³/mol. The van der Waals surface area contributed by atoms with Gasteiger partial charge in [0.1, 0.15) is 40.8 Å². The number of hydrogen-bond donors (Lipinski definition) is 2. The average Bonchev–Trinajstić information content (AvgIpc) is 3.25. The summed E-state index contributed by atoms with van der Waals surface area (Å²) in [7, 11) is 0. The highest BCUT2D eigenvalue weighted by Crippen LogP contribution is 2.39. The number of carbonyl (C=O) groups is 4. The number of alkyl halides is 3. The van der Waals surface area contributed by atoms with Crippen molar-refractivity contribution < 1.29 is 50.6 Å². The molecule has 50 heavy (non-hydrogen) atoms. The molecule has 2 aliphatic rings. The van der Waals surface area contributed by atoms with Gasteiger partial charge in [-0.2, -0.15) is 18.3 Å². The molecule has 2 atom stereocenters. The smallest absolute Gasteiger partial charge is 0.408 e. The second-order valence-corrected chi connectivity index (χ2v) is 13.6. The lowest BCUT2D eigenvalue weighted by Crippen LogP contribution is -2.63. The van der Waals surface area contributed by atoms with Gasteiger partial charge >= 0.3 is 12.3 Å². The molecule has 2 aromatic rings. The molecule has 3 heterocycles. The van der Waals surface area contributed by atoms with Gasteiger partial charge in [0.15, 0.2) is 0 Å². The molecule has 4 rings (SSSR count). The van der Waals surface area contributed by atoms with Crippen molar-refractivity contribution in [3.63, 3.8) is 0 Å². The minimum atomic E-state index is -4.74. The molecule has 1 saturated heterocycles. The molecule has 0 bridgehead atoms. The van der Waals surface area contributed by atoms with Crippen LogP contribution in [-0.2, 0) is 36.9 Å². The van der Waals surface area contributed by atoms with E-state index in [9.17, 15) is 41.1 Å². The summed E-state index contributed by atoms with van der Waals surface area (Å²) < 4.78 is 78.8. The molecule has 2 unspecified atom stereocenters. The number of amides is 4. The first-order valence-corrected chi connectivity index (χ1v) is 15.7. The van der Waals surface area contributed by atoms with Crippen LogP contribution in [0, 0.1) is 17.0 Å². The van der Waals surface area contributed by atoms with E-state index in [0.717, 1.165) is 12.1 Å². The standard InChI is InChI=1S/C33H39F5N6O6/c1-30(2,3)50-29(48)41-31(4,5)27(46)40-24(17-49-16-20-9-10-21(34)14-23(20)35)26(45)43-13-11-25-32(18-43,15-22-8-6-7-12-39-22)28(47)44(42-25)19-33(36,37)38/h6-10,12,14,24H,11,13,15-19H2,1-5H3,(H,40,46)(H,41,48). The quantitative estimate of drug-likeness (QED) is 0.337. The van der Waals surface area contributed by atoms with E-state index in [1.165, 1.54) is 24.9 Å². The van der Waals surface area contributed by atoms with Crippen LogP contribution in [0.15, 0.2) is 47.7 Å². The Balaban J connectivity index is 1.60. The molecule has 1 aromatic heterocycles. The summed E-state index contributed by atoms with van der Waals surface area (Å²) in [5.74, 6) is -4.28. The number of benzene rings is 1. The van der Waals surface area contributed by atoms with Crippen LogP contribution in [0.4, 0.5) is 26.7 Å². The van der Waals surface area contributed by atoms with Crippen molar-refractivity contribution in [1.82, 2.24) is 25.5 Å². The zero-order valence-electron chi connectivity index (χ0n) is 28.2. The lowest BCUT2D eigenvalue weighted by Gasteiger charge is -2.40. The van der Waals surface area contributed by atoms with Crippen LogP contribution in [-0.4, -0.2) is 94.0 Å². The largest absolute Gasteiger partial charge is 0.444 e. The molecule has 1 fully saturated rings. The second-order valence-electron chi connectivity index (χ2n) is 13.6. The fourth-order valence-corrected chi connectivity index (χ4v) is 5.54. The molecule has 17 heteroatoms. The van der Waals surface area contributed by atoms with Crippen molar-refractivity contribution in [2.24, 2.45) is 10.5 Å². The minimum absolute atomic E-state index is 0.0368. The van der Waals surface area contributed by atoms with Gasteiger partial charge in [0.05, 0.1) is 18.9 Å². The Labute approximate surface area is 285 Å². The number of rotatable bonds is 11. The number of piperidine rings is 1. The highest BCUT2D eigenvalue weighted by molar-refractivity contribution is 6.14. The van der Waals surface area contributed by atoms with Crippen molar-refractivity contribution in [3.05, 3.63) is 65.5 Å². The summed E-state index contributed by atoms with van der Waals surface area (Å²) in [6.07, 6.45) is -4.42. The van der Waals surface area contributed by atoms with Gasteiger partial charge in [0.2, 0.25) is 11.8 Å². The van der Waals surface area contributed by atoms with Crippen LogP contribution in [0.25, 0.3) is 0 Å². The lowest BCUT2D eigenvalue weighted by molar-refractivity contribution is -0.164. The van der Waals surface area contributed by atoms with Gasteiger partial charge < -0.3 is 25.0 Å². The molecule has 0 radical (unpaired) electrons. The van der Waals surface area contributed by atoms with E-state index in [4.69, 9.17) is 9.47 Å². The molecule has 2 N–H and O–H groups in total. The topological polar surface area (TPSA) is 143 Å². The van der Waals surface area contributed by atoms with Gasteiger partial charge in [0.25, 0.3) is 5.91 Å². The number of hydrogen-bond acceptors (Lipinski definition) is 8. The number of nitrogens with zero attached hydrogens (tertiary/aromatic N) is 4. The summed E-state index contributed by atoms with van der Waals surface area (Å²) in [6, 6.07) is 6.21. The zero-order valence-corrected chi connectivity index (χ0v) is 28.2. The fourth-order valence-electron chi connectivity index (χ4n) is 5.54. The van der Waals surface area contributed by atoms with E-state index in [1.54, 1.807) is 39.0 Å². The van der Waals surface area contributed by atoms with Crippen molar-refractivity contribution >= 4 is 29.5 Å². The van der Waals surface area contributed by atoms with Crippen LogP contribution in [0.5, 0.6) is 0 Å². The first-order chi connectivity index (χ1) is 23.2. The highest BCUT2D eigenvalue weighted by Gasteiger charge is 2.56. The molecule has 0 spiro atoms. The van der Waals surface area contributed by atoms with Gasteiger partial charge in [-0.15, -0.1) is 0 Å². The Morgan fingerprint density at radius 3 is 2.40 bits per heavy atom. The number of nitrogens with one attached hydrogen (secondary N) is 2. The van der Waals surface area contributed by atoms with Gasteiger partial charge in [-0.3, -0.25) is 19.4 Å². The predicted octanol–water partition coefficient (Wildman–Crippen LogP) is 3.89. The van der Waals surface area contributed by atoms with Crippen LogP contribution in [0.2, 0.25) is 0 Å². The number of likely N-dealkylation sites (tertiary alicyclic amines) is 1. The van der Waals surface area contributed by atoms with Crippen molar-refractivity contribution in [1.29, 1.82) is 0 Å². The minimum Gasteiger partial charge on any atom is -0.444 e. The Morgan fingerprint density at radius 2 is 1.78 bits per heavy atom. The van der Waals surface area contributed by atoms with Crippen LogP contribution >= 0.6 is 0 Å². The number of ether oxygens (including phenoxy) is 2. The third-order valence-corrected chi connectivity index (χ3v) is 7.91. The van der Waals surface area contributed by atoms with E-state index >= 15 is 0 Å². The SMILES string of the molecule is CC(C)(C)OC(=O)NC(C)(C)C(=O)NC(COCc1ccc(F)cc1F)C(=O)N1CCC2=NN(CC(F)(F)F)C(=O)C2(Cc2ccccn2)C1. The summed E-state index contributed by atoms with van der Waals surface area (Å²) in [6.45, 7) is 4.55. The maximum Gasteiger partial charge on any atom is 0.408 e. The Morgan fingerprint density at radius 1 is 1.06 bits per heavy atom. The monoisotopic (exact) mass is 710 g/mol. The van der Waals surface area contributed by atoms with E-state index in [1.807, 2.05) is 0 Å². The Kier molecular flexibility index (Phi) is 11.2. The van der Waals surface area contributed by atoms with Gasteiger partial charge in [-0.1, -0.05) is 12.1 Å². The first-order valence-electron chi connectivity index (χ1n) is 15.7. The normalized spacial score (nSPS) is 18.7. The molecule has 12 nitrogen and oxygen atoms in total. The number of fused-ring (bicyclic) bond motifs is 1. The van der Waals surface area contributed by atoms with E-state index in [2.05, 4.69) is 20.7 Å². The number of halogens is 5. The van der Waals surface area contributed by atoms with Crippen LogP contribution < -0.4 is 10.6 Å². The van der Waals surface area contributed by atoms with Gasteiger partial charge in [-0.05, 0) is 52.8 Å². The van der Waals surface area contributed by atoms with Crippen molar-refractivity contribution in [3.8, 4) is 0 Å². The number of alkyl carbamates (subject to hydrolysis) is 1. The third-order valence-electron chi connectivity index (χ3n) is 7.91. The van der Waals surface area contributed by atoms with Crippen molar-refractivity contribution in [2.75, 3.05) is 26.2 Å². The zero-order chi connectivity index (χ0) is 37.1. The maximum absolute atomic E-state index is 14.3. The second kappa shape index (κ2) is 14.7. The number of aromatic nitrogens is 1. The van der Waals surface area contributed by atoms with Gasteiger partial charge in [0, 0.05) is 49.5 Å². The first kappa shape index (κ1) is 38.1. The molecule has 1 aromatic carbocycles. The van der Waals surface area contributed by atoms with E-state index < -0.39 is 90.5 Å². The van der Waals surface area contributed by atoms with E-state index in [0.29, 0.717) is 16.8 Å². The summed E-state index contributed by atoms with van der Waals surface area (Å²) in [5.41, 5.74) is -3.70. The number of pyridine rings is 1. The number of carbonyl (C=O) groups excluding carboxylic acids is 4. The summed E-state index contributed by atoms with van der Waals surface area (Å²) >= 11 is 0.